The maximum absolute atomic E-state index is 12.4. The first kappa shape index (κ1) is 16.8. The summed E-state index contributed by atoms with van der Waals surface area (Å²) < 4.78 is 5.54. The van der Waals surface area contributed by atoms with Crippen molar-refractivity contribution in [3.63, 3.8) is 0 Å². The highest BCUT2D eigenvalue weighted by atomic mass is 16.3. The third-order valence-corrected chi connectivity index (χ3v) is 4.19. The van der Waals surface area contributed by atoms with E-state index in [-0.39, 0.29) is 5.91 Å². The maximum Gasteiger partial charge on any atom is 0.276 e. The molecule has 3 heterocycles. The van der Waals surface area contributed by atoms with Gasteiger partial charge in [0.25, 0.3) is 5.91 Å². The van der Waals surface area contributed by atoms with Crippen molar-refractivity contribution in [2.75, 3.05) is 5.32 Å². The molecule has 0 aliphatic carbocycles. The first-order valence-corrected chi connectivity index (χ1v) is 8.59. The summed E-state index contributed by atoms with van der Waals surface area (Å²) in [6.45, 7) is 1.87. The summed E-state index contributed by atoms with van der Waals surface area (Å²) in [7, 11) is 0. The number of nitrogens with one attached hydrogen (secondary N) is 2. The molecule has 0 saturated heterocycles. The van der Waals surface area contributed by atoms with E-state index in [4.69, 9.17) is 4.42 Å². The first-order valence-electron chi connectivity index (χ1n) is 8.59. The quantitative estimate of drug-likeness (QED) is 0.559. The van der Waals surface area contributed by atoms with Gasteiger partial charge in [0, 0.05) is 24.1 Å². The number of H-pyrrole nitrogens is 1. The van der Waals surface area contributed by atoms with Gasteiger partial charge in [0.1, 0.15) is 11.5 Å². The molecule has 0 aliphatic heterocycles. The Kier molecular flexibility index (Phi) is 4.53. The average Bonchev–Trinajstić information content (AvgIpc) is 3.33. The maximum atomic E-state index is 12.4. The van der Waals surface area contributed by atoms with E-state index in [1.165, 1.54) is 5.56 Å². The Morgan fingerprint density at radius 1 is 1.04 bits per heavy atom. The molecule has 2 N–H and O–H groups in total. The fourth-order valence-electron chi connectivity index (χ4n) is 2.78. The molecular formula is C21H18N4O2. The van der Waals surface area contributed by atoms with Gasteiger partial charge in [0.15, 0.2) is 11.5 Å². The SMILES string of the molecule is Cc1ccc(-c2cc(C(=O)Nc3ccc(Cc4ccncc4)cc3)n[nH]2)o1. The Balaban J connectivity index is 1.41. The number of carbonyl (C=O) groups excluding carboxylic acids is 1. The molecule has 4 aromatic rings. The van der Waals surface area contributed by atoms with Crippen molar-refractivity contribution in [1.29, 1.82) is 0 Å². The normalized spacial score (nSPS) is 10.7. The van der Waals surface area contributed by atoms with Crippen molar-refractivity contribution < 1.29 is 9.21 Å². The van der Waals surface area contributed by atoms with Gasteiger partial charge in [0.05, 0.1) is 0 Å². The lowest BCUT2D eigenvalue weighted by atomic mass is 10.1. The second-order valence-electron chi connectivity index (χ2n) is 6.26. The van der Waals surface area contributed by atoms with E-state index >= 15 is 0 Å². The van der Waals surface area contributed by atoms with E-state index in [0.717, 1.165) is 23.4 Å². The van der Waals surface area contributed by atoms with E-state index in [1.807, 2.05) is 55.5 Å². The minimum atomic E-state index is -0.275. The molecule has 0 atom stereocenters. The summed E-state index contributed by atoms with van der Waals surface area (Å²) in [5, 5.41) is 9.75. The van der Waals surface area contributed by atoms with Crippen molar-refractivity contribution in [2.45, 2.75) is 13.3 Å². The lowest BCUT2D eigenvalue weighted by Crippen LogP contribution is -2.12. The highest BCUT2D eigenvalue weighted by Gasteiger charge is 2.13. The molecule has 6 heteroatoms. The monoisotopic (exact) mass is 358 g/mol. The number of hydrogen-bond acceptors (Lipinski definition) is 4. The molecule has 0 radical (unpaired) electrons. The fraction of sp³-hybridized carbons (Fsp3) is 0.0952. The smallest absolute Gasteiger partial charge is 0.276 e. The minimum absolute atomic E-state index is 0.275. The molecule has 0 fully saturated rings. The number of aromatic nitrogens is 3. The number of aryl methyl sites for hydroxylation is 1. The summed E-state index contributed by atoms with van der Waals surface area (Å²) in [6, 6.07) is 17.1. The van der Waals surface area contributed by atoms with Crippen molar-refractivity contribution >= 4 is 11.6 Å². The lowest BCUT2D eigenvalue weighted by Gasteiger charge is -2.05. The van der Waals surface area contributed by atoms with Crippen LogP contribution in [0.5, 0.6) is 0 Å². The summed E-state index contributed by atoms with van der Waals surface area (Å²) in [5.41, 5.74) is 4.05. The topological polar surface area (TPSA) is 83.8 Å². The van der Waals surface area contributed by atoms with Gasteiger partial charge in [0.2, 0.25) is 0 Å². The van der Waals surface area contributed by atoms with Crippen molar-refractivity contribution in [2.24, 2.45) is 0 Å². The molecule has 6 nitrogen and oxygen atoms in total. The van der Waals surface area contributed by atoms with Crippen LogP contribution in [0.25, 0.3) is 11.5 Å². The van der Waals surface area contributed by atoms with Crippen molar-refractivity contribution in [3.05, 3.63) is 89.6 Å². The van der Waals surface area contributed by atoms with Gasteiger partial charge < -0.3 is 9.73 Å². The molecule has 0 bridgehead atoms. The van der Waals surface area contributed by atoms with Crippen LogP contribution in [-0.2, 0) is 6.42 Å². The number of amides is 1. The Morgan fingerprint density at radius 3 is 2.48 bits per heavy atom. The van der Waals surface area contributed by atoms with Crippen LogP contribution in [0.3, 0.4) is 0 Å². The molecule has 1 aromatic carbocycles. The van der Waals surface area contributed by atoms with Crippen LogP contribution in [-0.4, -0.2) is 21.1 Å². The number of furan rings is 1. The summed E-state index contributed by atoms with van der Waals surface area (Å²) in [6.07, 6.45) is 4.39. The minimum Gasteiger partial charge on any atom is -0.460 e. The van der Waals surface area contributed by atoms with Gasteiger partial charge in [-0.15, -0.1) is 0 Å². The van der Waals surface area contributed by atoms with Crippen LogP contribution in [0.4, 0.5) is 5.69 Å². The number of aromatic amines is 1. The average molecular weight is 358 g/mol. The Morgan fingerprint density at radius 2 is 1.78 bits per heavy atom. The van der Waals surface area contributed by atoms with Crippen LogP contribution in [0, 0.1) is 6.92 Å². The van der Waals surface area contributed by atoms with Gasteiger partial charge >= 0.3 is 0 Å². The van der Waals surface area contributed by atoms with Crippen LogP contribution < -0.4 is 5.32 Å². The van der Waals surface area contributed by atoms with E-state index in [0.29, 0.717) is 17.1 Å². The van der Waals surface area contributed by atoms with Gasteiger partial charge in [-0.1, -0.05) is 12.1 Å². The highest BCUT2D eigenvalue weighted by Crippen LogP contribution is 2.21. The predicted molar refractivity (Wildman–Crippen MR) is 102 cm³/mol. The van der Waals surface area contributed by atoms with Crippen LogP contribution in [0.2, 0.25) is 0 Å². The molecular weight excluding hydrogens is 340 g/mol. The Hall–Kier alpha value is -3.67. The number of nitrogens with zero attached hydrogens (tertiary/aromatic N) is 2. The predicted octanol–water partition coefficient (Wildman–Crippen LogP) is 4.22. The zero-order valence-corrected chi connectivity index (χ0v) is 14.8. The summed E-state index contributed by atoms with van der Waals surface area (Å²) in [4.78, 5) is 16.4. The van der Waals surface area contributed by atoms with E-state index < -0.39 is 0 Å². The molecule has 0 saturated carbocycles. The Bertz CT molecular complexity index is 1050. The van der Waals surface area contributed by atoms with E-state index in [2.05, 4.69) is 20.5 Å². The van der Waals surface area contributed by atoms with Crippen molar-refractivity contribution in [1.82, 2.24) is 15.2 Å². The molecule has 0 spiro atoms. The van der Waals surface area contributed by atoms with Crippen LogP contribution in [0.15, 0.2) is 71.4 Å². The lowest BCUT2D eigenvalue weighted by molar-refractivity contribution is 0.102. The number of benzene rings is 1. The van der Waals surface area contributed by atoms with Gasteiger partial charge in [-0.05, 0) is 60.9 Å². The van der Waals surface area contributed by atoms with Gasteiger partial charge in [-0.25, -0.2) is 0 Å². The number of carbonyl (C=O) groups is 1. The molecule has 134 valence electrons. The largest absolute Gasteiger partial charge is 0.460 e. The van der Waals surface area contributed by atoms with Gasteiger partial charge in [-0.3, -0.25) is 14.9 Å². The standard InChI is InChI=1S/C21H18N4O2/c1-14-2-7-20(27-14)18-13-19(25-24-18)21(26)23-17-5-3-15(4-6-17)12-16-8-10-22-11-9-16/h2-11,13H,12H2,1H3,(H,23,26)(H,24,25). The first-order chi connectivity index (χ1) is 13.2. The third-order valence-electron chi connectivity index (χ3n) is 4.19. The molecule has 0 aliphatic rings. The molecule has 4 rings (SSSR count). The number of anilines is 1. The number of rotatable bonds is 5. The molecule has 1 amide bonds. The number of hydrogen-bond donors (Lipinski definition) is 2. The third kappa shape index (κ3) is 3.95. The number of pyridine rings is 1. The van der Waals surface area contributed by atoms with Gasteiger partial charge in [-0.2, -0.15) is 5.10 Å². The fourth-order valence-corrected chi connectivity index (χ4v) is 2.78. The van der Waals surface area contributed by atoms with Crippen molar-refractivity contribution in [3.8, 4) is 11.5 Å². The summed E-state index contributed by atoms with van der Waals surface area (Å²) >= 11 is 0. The molecule has 0 unspecified atom stereocenters. The van der Waals surface area contributed by atoms with E-state index in [1.54, 1.807) is 18.5 Å². The Labute approximate surface area is 156 Å². The van der Waals surface area contributed by atoms with Crippen LogP contribution in [0.1, 0.15) is 27.4 Å². The second kappa shape index (κ2) is 7.29. The molecule has 3 aromatic heterocycles. The van der Waals surface area contributed by atoms with E-state index in [9.17, 15) is 4.79 Å². The molecule has 27 heavy (non-hydrogen) atoms. The highest BCUT2D eigenvalue weighted by molar-refractivity contribution is 6.03. The second-order valence-corrected chi connectivity index (χ2v) is 6.26. The summed E-state index contributed by atoms with van der Waals surface area (Å²) in [5.74, 6) is 1.18. The zero-order chi connectivity index (χ0) is 18.6. The zero-order valence-electron chi connectivity index (χ0n) is 14.8. The van der Waals surface area contributed by atoms with Crippen LogP contribution >= 0.6 is 0 Å².